The van der Waals surface area contributed by atoms with Crippen molar-refractivity contribution in [2.24, 2.45) is 0 Å². The third-order valence-corrected chi connectivity index (χ3v) is 4.97. The molecule has 1 unspecified atom stereocenters. The highest BCUT2D eigenvalue weighted by molar-refractivity contribution is 5.92. The third-order valence-electron chi connectivity index (χ3n) is 4.97. The van der Waals surface area contributed by atoms with Gasteiger partial charge in [0.2, 0.25) is 5.43 Å². The van der Waals surface area contributed by atoms with E-state index in [4.69, 9.17) is 5.11 Å². The highest BCUT2D eigenvalue weighted by atomic mass is 19.1. The number of carbonyl (C=O) groups excluding carboxylic acids is 1. The van der Waals surface area contributed by atoms with Crippen LogP contribution in [0.1, 0.15) is 48.3 Å². The molecule has 1 aromatic heterocycles. The Morgan fingerprint density at radius 3 is 2.75 bits per heavy atom. The molecule has 0 bridgehead atoms. The van der Waals surface area contributed by atoms with Crippen molar-refractivity contribution >= 4 is 11.9 Å². The van der Waals surface area contributed by atoms with Crippen LogP contribution >= 0.6 is 0 Å². The number of amides is 1. The number of aryl methyl sites for hydroxylation is 1. The zero-order valence-electron chi connectivity index (χ0n) is 15.6. The van der Waals surface area contributed by atoms with Crippen LogP contribution in [0.25, 0.3) is 5.69 Å². The number of carboxylic acids is 1. The number of halogens is 1. The van der Waals surface area contributed by atoms with Crippen molar-refractivity contribution in [3.8, 4) is 5.69 Å². The summed E-state index contributed by atoms with van der Waals surface area (Å²) in [4.78, 5) is 38.0. The Balaban J connectivity index is 1.97. The molecule has 148 valence electrons. The molecule has 7 nitrogen and oxygen atoms in total. The van der Waals surface area contributed by atoms with Gasteiger partial charge in [-0.1, -0.05) is 12.1 Å². The Morgan fingerprint density at radius 2 is 2.04 bits per heavy atom. The van der Waals surface area contributed by atoms with Crippen LogP contribution in [0.3, 0.4) is 0 Å². The molecule has 0 saturated carbocycles. The molecule has 8 heteroatoms. The fourth-order valence-electron chi connectivity index (χ4n) is 3.56. The van der Waals surface area contributed by atoms with Gasteiger partial charge in [0.05, 0.1) is 0 Å². The lowest BCUT2D eigenvalue weighted by atomic mass is 9.97. The lowest BCUT2D eigenvalue weighted by Crippen LogP contribution is -2.46. The Hall–Kier alpha value is -3.03. The molecule has 0 radical (unpaired) electrons. The second kappa shape index (κ2) is 8.33. The van der Waals surface area contributed by atoms with E-state index in [-0.39, 0.29) is 23.8 Å². The SMILES string of the molecule is Cc1cc(=O)c(C(=O)N2CCCCC2CCC(=O)O)nn1-c1ccccc1F. The third kappa shape index (κ3) is 4.11. The molecule has 28 heavy (non-hydrogen) atoms. The summed E-state index contributed by atoms with van der Waals surface area (Å²) in [5.74, 6) is -1.98. The lowest BCUT2D eigenvalue weighted by Gasteiger charge is -2.35. The summed E-state index contributed by atoms with van der Waals surface area (Å²) in [5, 5.41) is 13.1. The van der Waals surface area contributed by atoms with Crippen LogP contribution in [0.4, 0.5) is 4.39 Å². The number of hydrogen-bond donors (Lipinski definition) is 1. The van der Waals surface area contributed by atoms with Gasteiger partial charge in [0, 0.05) is 30.8 Å². The topological polar surface area (TPSA) is 92.5 Å². The molecule has 2 aromatic rings. The van der Waals surface area contributed by atoms with Crippen LogP contribution in [0, 0.1) is 12.7 Å². The van der Waals surface area contributed by atoms with Crippen molar-refractivity contribution < 1.29 is 19.1 Å². The fourth-order valence-corrected chi connectivity index (χ4v) is 3.56. The second-order valence-corrected chi connectivity index (χ2v) is 6.94. The number of likely N-dealkylation sites (tertiary alicyclic amines) is 1. The van der Waals surface area contributed by atoms with Crippen molar-refractivity contribution in [2.45, 2.75) is 45.1 Å². The summed E-state index contributed by atoms with van der Waals surface area (Å²) >= 11 is 0. The molecule has 2 heterocycles. The smallest absolute Gasteiger partial charge is 0.303 e. The minimum atomic E-state index is -0.923. The molecule has 1 N–H and O–H groups in total. The molecule has 3 rings (SSSR count). The van der Waals surface area contributed by atoms with E-state index < -0.39 is 23.1 Å². The van der Waals surface area contributed by atoms with Gasteiger partial charge in [-0.2, -0.15) is 5.10 Å². The van der Waals surface area contributed by atoms with Crippen LogP contribution in [-0.2, 0) is 4.79 Å². The first-order valence-electron chi connectivity index (χ1n) is 9.27. The fraction of sp³-hybridized carbons (Fsp3) is 0.400. The Kier molecular flexibility index (Phi) is 5.87. The number of aromatic nitrogens is 2. The number of nitrogens with zero attached hydrogens (tertiary/aromatic N) is 3. The first-order valence-corrected chi connectivity index (χ1v) is 9.27. The number of carboxylic acid groups (broad SMARTS) is 1. The van der Waals surface area contributed by atoms with Crippen molar-refractivity contribution in [1.29, 1.82) is 0 Å². The van der Waals surface area contributed by atoms with Gasteiger partial charge < -0.3 is 10.0 Å². The molecule has 1 aliphatic heterocycles. The molecular weight excluding hydrogens is 365 g/mol. The average Bonchev–Trinajstić information content (AvgIpc) is 2.67. The molecule has 1 atom stereocenters. The molecule has 1 aliphatic rings. The summed E-state index contributed by atoms with van der Waals surface area (Å²) < 4.78 is 15.4. The Morgan fingerprint density at radius 1 is 1.29 bits per heavy atom. The number of benzene rings is 1. The molecule has 0 aliphatic carbocycles. The van der Waals surface area contributed by atoms with Crippen molar-refractivity contribution in [1.82, 2.24) is 14.7 Å². The van der Waals surface area contributed by atoms with E-state index in [9.17, 15) is 18.8 Å². The number of aliphatic carboxylic acids is 1. The van der Waals surface area contributed by atoms with E-state index in [0.29, 0.717) is 25.1 Å². The second-order valence-electron chi connectivity index (χ2n) is 6.94. The molecule has 1 saturated heterocycles. The van der Waals surface area contributed by atoms with Crippen molar-refractivity contribution in [3.05, 3.63) is 57.8 Å². The van der Waals surface area contributed by atoms with Crippen LogP contribution in [0.15, 0.2) is 35.1 Å². The van der Waals surface area contributed by atoms with Crippen molar-refractivity contribution in [2.75, 3.05) is 6.54 Å². The van der Waals surface area contributed by atoms with Crippen molar-refractivity contribution in [3.63, 3.8) is 0 Å². The average molecular weight is 387 g/mol. The molecule has 1 amide bonds. The predicted molar refractivity (Wildman–Crippen MR) is 100 cm³/mol. The van der Waals surface area contributed by atoms with E-state index in [0.717, 1.165) is 12.8 Å². The number of hydrogen-bond acceptors (Lipinski definition) is 4. The summed E-state index contributed by atoms with van der Waals surface area (Å²) in [6.45, 7) is 2.06. The predicted octanol–water partition coefficient (Wildman–Crippen LogP) is 2.54. The summed E-state index contributed by atoms with van der Waals surface area (Å²) in [6, 6.07) is 7.01. The molecule has 1 aromatic carbocycles. The van der Waals surface area contributed by atoms with Gasteiger partial charge in [0.25, 0.3) is 5.91 Å². The minimum Gasteiger partial charge on any atom is -0.481 e. The lowest BCUT2D eigenvalue weighted by molar-refractivity contribution is -0.137. The van der Waals surface area contributed by atoms with E-state index in [1.165, 1.54) is 27.8 Å². The largest absolute Gasteiger partial charge is 0.481 e. The maximum Gasteiger partial charge on any atom is 0.303 e. The van der Waals surface area contributed by atoms with E-state index in [1.54, 1.807) is 19.1 Å². The van der Waals surface area contributed by atoms with Gasteiger partial charge in [-0.15, -0.1) is 0 Å². The first-order chi connectivity index (χ1) is 13.4. The summed E-state index contributed by atoms with van der Waals surface area (Å²) in [6.07, 6.45) is 2.65. The monoisotopic (exact) mass is 387 g/mol. The Labute approximate surface area is 161 Å². The summed E-state index contributed by atoms with van der Waals surface area (Å²) in [5.41, 5.74) is -0.253. The van der Waals surface area contributed by atoms with Gasteiger partial charge >= 0.3 is 5.97 Å². The molecule has 1 fully saturated rings. The number of piperidine rings is 1. The zero-order chi connectivity index (χ0) is 20.3. The normalized spacial score (nSPS) is 16.8. The maximum absolute atomic E-state index is 14.2. The van der Waals surface area contributed by atoms with Crippen LogP contribution in [0.5, 0.6) is 0 Å². The maximum atomic E-state index is 14.2. The van der Waals surface area contributed by atoms with Crippen LogP contribution < -0.4 is 5.43 Å². The number of carbonyl (C=O) groups is 2. The Bertz CT molecular complexity index is 957. The first kappa shape index (κ1) is 19.7. The highest BCUT2D eigenvalue weighted by Gasteiger charge is 2.30. The zero-order valence-corrected chi connectivity index (χ0v) is 15.6. The molecule has 0 spiro atoms. The van der Waals surface area contributed by atoms with Gasteiger partial charge in [-0.3, -0.25) is 14.4 Å². The van der Waals surface area contributed by atoms with Gasteiger partial charge in [-0.25, -0.2) is 9.07 Å². The van der Waals surface area contributed by atoms with Crippen LogP contribution in [-0.4, -0.2) is 44.3 Å². The van der Waals surface area contributed by atoms with Crippen LogP contribution in [0.2, 0.25) is 0 Å². The quantitative estimate of drug-likeness (QED) is 0.851. The summed E-state index contributed by atoms with van der Waals surface area (Å²) in [7, 11) is 0. The van der Waals surface area contributed by atoms with Gasteiger partial charge in [-0.05, 0) is 44.7 Å². The van der Waals surface area contributed by atoms with Gasteiger partial charge in [0.1, 0.15) is 11.5 Å². The standard InChI is InChI=1S/C20H22FN3O4/c1-13-12-17(25)19(22-24(13)16-8-3-2-7-15(16)21)20(28)23-11-5-4-6-14(23)9-10-18(26)27/h2-3,7-8,12,14H,4-6,9-11H2,1H3,(H,26,27). The van der Waals surface area contributed by atoms with E-state index in [2.05, 4.69) is 5.10 Å². The van der Waals surface area contributed by atoms with Gasteiger partial charge in [0.15, 0.2) is 5.69 Å². The van der Waals surface area contributed by atoms with E-state index >= 15 is 0 Å². The minimum absolute atomic E-state index is 0.0464. The molecular formula is C20H22FN3O4. The number of para-hydroxylation sites is 1. The number of rotatable bonds is 5. The highest BCUT2D eigenvalue weighted by Crippen LogP contribution is 2.22. The van der Waals surface area contributed by atoms with E-state index in [1.807, 2.05) is 0 Å².